The zero-order valence-electron chi connectivity index (χ0n) is 19.6. The summed E-state index contributed by atoms with van der Waals surface area (Å²) in [4.78, 5) is 44.6. The van der Waals surface area contributed by atoms with Crippen molar-refractivity contribution in [1.82, 2.24) is 14.9 Å². The van der Waals surface area contributed by atoms with E-state index in [1.807, 2.05) is 18.0 Å². The third-order valence-electron chi connectivity index (χ3n) is 6.22. The Morgan fingerprint density at radius 3 is 2.68 bits per heavy atom. The van der Waals surface area contributed by atoms with E-state index in [0.29, 0.717) is 46.7 Å². The van der Waals surface area contributed by atoms with Crippen molar-refractivity contribution in [3.8, 4) is 5.69 Å². The Labute approximate surface area is 203 Å². The average Bonchev–Trinajstić information content (AvgIpc) is 3.10. The number of aromatic nitrogens is 2. The molecule has 8 heteroatoms. The number of hydrogen-bond acceptors (Lipinski definition) is 5. The molecule has 34 heavy (non-hydrogen) atoms. The Morgan fingerprint density at radius 2 is 1.88 bits per heavy atom. The number of carbonyl (C=O) groups is 2. The summed E-state index contributed by atoms with van der Waals surface area (Å²) in [5, 5.41) is 3.84. The van der Waals surface area contributed by atoms with Gasteiger partial charge in [-0.3, -0.25) is 19.0 Å². The Hall–Kier alpha value is -3.19. The van der Waals surface area contributed by atoms with Gasteiger partial charge in [-0.2, -0.15) is 0 Å². The summed E-state index contributed by atoms with van der Waals surface area (Å²) < 4.78 is 1.36. The largest absolute Gasteiger partial charge is 0.373 e. The van der Waals surface area contributed by atoms with Crippen LogP contribution in [-0.4, -0.2) is 41.4 Å². The maximum Gasteiger partial charge on any atom is 0.266 e. The molecule has 7 nitrogen and oxygen atoms in total. The average molecular weight is 481 g/mol. The first-order chi connectivity index (χ1) is 16.4. The van der Waals surface area contributed by atoms with Crippen molar-refractivity contribution < 1.29 is 9.59 Å². The molecule has 1 N–H and O–H groups in total. The van der Waals surface area contributed by atoms with E-state index in [-0.39, 0.29) is 23.1 Å². The van der Waals surface area contributed by atoms with Gasteiger partial charge >= 0.3 is 0 Å². The van der Waals surface area contributed by atoms with E-state index < -0.39 is 0 Å². The molecular formula is C26H29ClN4O3. The number of hydrogen-bond donors (Lipinski definition) is 1. The minimum Gasteiger partial charge on any atom is -0.373 e. The van der Waals surface area contributed by atoms with Gasteiger partial charge in [0.2, 0.25) is 11.7 Å². The van der Waals surface area contributed by atoms with Crippen LogP contribution in [0, 0.1) is 0 Å². The zero-order chi connectivity index (χ0) is 24.2. The van der Waals surface area contributed by atoms with E-state index in [1.165, 1.54) is 23.8 Å². The van der Waals surface area contributed by atoms with Crippen LogP contribution < -0.4 is 15.8 Å². The summed E-state index contributed by atoms with van der Waals surface area (Å²) in [5.41, 5.74) is 1.92. The van der Waals surface area contributed by atoms with Crippen molar-refractivity contribution in [2.45, 2.75) is 45.4 Å². The number of fused-ring (bicyclic) bond motifs is 4. The molecule has 0 saturated carbocycles. The third-order valence-corrected chi connectivity index (χ3v) is 6.45. The minimum absolute atomic E-state index is 0.0758. The number of carbonyl (C=O) groups excluding carboxylic acids is 2. The van der Waals surface area contributed by atoms with Crippen molar-refractivity contribution >= 4 is 39.9 Å². The molecule has 1 aromatic heterocycles. The van der Waals surface area contributed by atoms with E-state index in [4.69, 9.17) is 11.6 Å². The first kappa shape index (κ1) is 24.0. The number of anilines is 1. The third kappa shape index (κ3) is 4.85. The number of halogens is 1. The summed E-state index contributed by atoms with van der Waals surface area (Å²) in [7, 11) is 1.92. The topological polar surface area (TPSA) is 84.3 Å². The molecule has 0 aliphatic carbocycles. The second kappa shape index (κ2) is 10.4. The summed E-state index contributed by atoms with van der Waals surface area (Å²) in [6.07, 6.45) is 6.17. The van der Waals surface area contributed by atoms with E-state index in [0.717, 1.165) is 18.5 Å². The molecule has 0 unspecified atom stereocenters. The fourth-order valence-electron chi connectivity index (χ4n) is 4.26. The molecule has 0 radical (unpaired) electrons. The highest BCUT2D eigenvalue weighted by Gasteiger charge is 2.30. The van der Waals surface area contributed by atoms with Gasteiger partial charge in [0, 0.05) is 37.3 Å². The molecule has 2 aromatic carbocycles. The van der Waals surface area contributed by atoms with Gasteiger partial charge in [-0.1, -0.05) is 44.2 Å². The highest BCUT2D eigenvalue weighted by atomic mass is 35.5. The number of amides is 1. The molecule has 0 bridgehead atoms. The van der Waals surface area contributed by atoms with E-state index in [2.05, 4.69) is 17.2 Å². The lowest BCUT2D eigenvalue weighted by Gasteiger charge is -2.20. The second-order valence-electron chi connectivity index (χ2n) is 8.70. The van der Waals surface area contributed by atoms with Crippen LogP contribution in [0.25, 0.3) is 16.6 Å². The van der Waals surface area contributed by atoms with Crippen LogP contribution in [0.2, 0.25) is 5.02 Å². The van der Waals surface area contributed by atoms with Gasteiger partial charge < -0.3 is 10.2 Å². The van der Waals surface area contributed by atoms with Gasteiger partial charge in [0.05, 0.1) is 22.2 Å². The van der Waals surface area contributed by atoms with Crippen LogP contribution in [0.4, 0.5) is 5.69 Å². The number of nitrogens with zero attached hydrogens (tertiary/aromatic N) is 3. The second-order valence-corrected chi connectivity index (χ2v) is 9.14. The van der Waals surface area contributed by atoms with Crippen LogP contribution in [0.1, 0.15) is 61.6 Å². The van der Waals surface area contributed by atoms with Crippen molar-refractivity contribution in [2.24, 2.45) is 0 Å². The Morgan fingerprint density at radius 1 is 1.09 bits per heavy atom. The molecule has 0 atom stereocenters. The zero-order valence-corrected chi connectivity index (χ0v) is 20.3. The van der Waals surface area contributed by atoms with Crippen LogP contribution in [0.5, 0.6) is 0 Å². The lowest BCUT2D eigenvalue weighted by molar-refractivity contribution is -0.121. The van der Waals surface area contributed by atoms with Crippen LogP contribution in [0.3, 0.4) is 0 Å². The summed E-state index contributed by atoms with van der Waals surface area (Å²) in [6, 6.07) is 10.3. The van der Waals surface area contributed by atoms with E-state index in [1.54, 1.807) is 30.3 Å². The van der Waals surface area contributed by atoms with Crippen LogP contribution in [0.15, 0.2) is 41.2 Å². The normalized spacial score (nSPS) is 12.0. The van der Waals surface area contributed by atoms with Gasteiger partial charge in [-0.05, 0) is 42.8 Å². The fraction of sp³-hybridized carbons (Fsp3) is 0.385. The first-order valence-corrected chi connectivity index (χ1v) is 12.2. The summed E-state index contributed by atoms with van der Waals surface area (Å²) >= 11 is 6.04. The molecule has 178 valence electrons. The molecule has 3 aromatic rings. The molecule has 0 fully saturated rings. The van der Waals surface area contributed by atoms with Crippen molar-refractivity contribution in [3.63, 3.8) is 0 Å². The maximum atomic E-state index is 13.2. The molecule has 1 aliphatic rings. The fourth-order valence-corrected chi connectivity index (χ4v) is 4.43. The van der Waals surface area contributed by atoms with Crippen LogP contribution in [-0.2, 0) is 4.79 Å². The Bertz CT molecular complexity index is 1300. The Kier molecular flexibility index (Phi) is 7.32. The maximum absolute atomic E-state index is 13.2. The van der Waals surface area contributed by atoms with Crippen molar-refractivity contribution in [2.75, 3.05) is 25.0 Å². The number of rotatable bonds is 10. The predicted molar refractivity (Wildman–Crippen MR) is 135 cm³/mol. The lowest BCUT2D eigenvalue weighted by Crippen LogP contribution is -2.32. The molecule has 1 amide bonds. The van der Waals surface area contributed by atoms with Crippen molar-refractivity contribution in [1.29, 1.82) is 0 Å². The van der Waals surface area contributed by atoms with Gasteiger partial charge in [0.1, 0.15) is 0 Å². The van der Waals surface area contributed by atoms with E-state index >= 15 is 0 Å². The molecule has 0 saturated heterocycles. The summed E-state index contributed by atoms with van der Waals surface area (Å²) in [5.74, 6) is -0.139. The monoisotopic (exact) mass is 480 g/mol. The quantitative estimate of drug-likeness (QED) is 0.338. The highest BCUT2D eigenvalue weighted by Crippen LogP contribution is 2.29. The number of likely N-dealkylation sites (N-methyl/N-ethyl adjacent to an activating group) is 1. The molecular weight excluding hydrogens is 452 g/mol. The predicted octanol–water partition coefficient (Wildman–Crippen LogP) is 4.50. The van der Waals surface area contributed by atoms with Gasteiger partial charge in [-0.15, -0.1) is 0 Å². The van der Waals surface area contributed by atoms with Gasteiger partial charge in [-0.25, -0.2) is 4.98 Å². The van der Waals surface area contributed by atoms with Crippen molar-refractivity contribution in [3.05, 3.63) is 63.2 Å². The SMILES string of the molecule is CCCCCCCC(=O)NCCN(C)c1ccc2c(=O)n3c(nc2c1)C(=O)c1cc(Cl)ccc1-3. The number of nitrogens with one attached hydrogen (secondary N) is 1. The standard InChI is InChI=1S/C26H29ClN4O3/c1-3-4-5-6-7-8-23(32)28-13-14-30(2)18-10-11-19-21(16-18)29-25-24(33)20-15-17(27)9-12-22(20)31(25)26(19)34/h9-12,15-16H,3-8,13-14H2,1-2H3,(H,28,32). The number of ketones is 1. The molecule has 2 heterocycles. The molecule has 0 spiro atoms. The molecule has 1 aliphatic heterocycles. The minimum atomic E-state index is -0.312. The number of benzene rings is 2. The Balaban J connectivity index is 1.44. The van der Waals surface area contributed by atoms with Crippen LogP contribution >= 0.6 is 11.6 Å². The summed E-state index contributed by atoms with van der Waals surface area (Å²) in [6.45, 7) is 3.31. The lowest BCUT2D eigenvalue weighted by atomic mass is 10.1. The number of unbranched alkanes of at least 4 members (excludes halogenated alkanes) is 4. The van der Waals surface area contributed by atoms with E-state index in [9.17, 15) is 14.4 Å². The molecule has 4 rings (SSSR count). The first-order valence-electron chi connectivity index (χ1n) is 11.8. The van der Waals surface area contributed by atoms with Gasteiger partial charge in [0.25, 0.3) is 5.56 Å². The smallest absolute Gasteiger partial charge is 0.266 e. The highest BCUT2D eigenvalue weighted by molar-refractivity contribution is 6.31. The van der Waals surface area contributed by atoms with Gasteiger partial charge in [0.15, 0.2) is 5.82 Å².